The molecule has 0 bridgehead atoms. The van der Waals surface area contributed by atoms with E-state index in [-0.39, 0.29) is 11.8 Å². The Morgan fingerprint density at radius 2 is 2.40 bits per heavy atom. The molecule has 2 N–H and O–H groups in total. The standard InChI is InChI=1S/C18H25ClN4O2/c1-2-25-10-4-8-20-17(24)13-5-3-9-23(12-13)18-21-15-7-6-14(19)11-16(15)22-18/h6-7,11,13H,2-5,8-10,12H2,1H3,(H,20,24)(H,21,22). The Bertz CT molecular complexity index is 718. The highest BCUT2D eigenvalue weighted by Gasteiger charge is 2.27. The smallest absolute Gasteiger partial charge is 0.224 e. The van der Waals surface area contributed by atoms with E-state index < -0.39 is 0 Å². The highest BCUT2D eigenvalue weighted by molar-refractivity contribution is 6.31. The zero-order chi connectivity index (χ0) is 17.6. The second-order valence-electron chi connectivity index (χ2n) is 6.35. The van der Waals surface area contributed by atoms with Crippen molar-refractivity contribution >= 4 is 34.5 Å². The van der Waals surface area contributed by atoms with Crippen LogP contribution in [0, 0.1) is 5.92 Å². The molecule has 1 unspecified atom stereocenters. The fraction of sp³-hybridized carbons (Fsp3) is 0.556. The third-order valence-electron chi connectivity index (χ3n) is 4.49. The Balaban J connectivity index is 1.57. The molecule has 1 aromatic carbocycles. The number of fused-ring (bicyclic) bond motifs is 1. The van der Waals surface area contributed by atoms with E-state index in [0.29, 0.717) is 31.3 Å². The van der Waals surface area contributed by atoms with Crippen LogP contribution in [0.25, 0.3) is 11.0 Å². The number of hydrogen-bond acceptors (Lipinski definition) is 4. The summed E-state index contributed by atoms with van der Waals surface area (Å²) in [6.07, 6.45) is 2.75. The van der Waals surface area contributed by atoms with Crippen LogP contribution in [0.1, 0.15) is 26.2 Å². The molecule has 0 spiro atoms. The minimum Gasteiger partial charge on any atom is -0.382 e. The molecule has 1 fully saturated rings. The van der Waals surface area contributed by atoms with Crippen LogP contribution < -0.4 is 10.2 Å². The van der Waals surface area contributed by atoms with Crippen molar-refractivity contribution < 1.29 is 9.53 Å². The molecule has 1 aliphatic heterocycles. The first-order chi connectivity index (χ1) is 12.2. The van der Waals surface area contributed by atoms with Crippen LogP contribution in [0.15, 0.2) is 18.2 Å². The van der Waals surface area contributed by atoms with Gasteiger partial charge in [-0.05, 0) is 44.4 Å². The molecule has 3 rings (SSSR count). The third kappa shape index (κ3) is 4.64. The molecular weight excluding hydrogens is 340 g/mol. The molecule has 1 amide bonds. The Kier molecular flexibility index (Phi) is 6.15. The van der Waals surface area contributed by atoms with Gasteiger partial charge < -0.3 is 19.9 Å². The van der Waals surface area contributed by atoms with Crippen molar-refractivity contribution in [1.29, 1.82) is 0 Å². The number of carbonyl (C=O) groups is 1. The van der Waals surface area contributed by atoms with Crippen LogP contribution >= 0.6 is 11.6 Å². The second-order valence-corrected chi connectivity index (χ2v) is 6.78. The second kappa shape index (κ2) is 8.54. The zero-order valence-electron chi connectivity index (χ0n) is 14.6. The first kappa shape index (κ1) is 18.0. The van der Waals surface area contributed by atoms with Crippen molar-refractivity contribution in [2.24, 2.45) is 5.92 Å². The minimum atomic E-state index is -0.00218. The molecule has 1 saturated heterocycles. The van der Waals surface area contributed by atoms with Crippen LogP contribution in [0.2, 0.25) is 5.02 Å². The van der Waals surface area contributed by atoms with E-state index in [2.05, 4.69) is 20.2 Å². The Morgan fingerprint density at radius 1 is 1.52 bits per heavy atom. The summed E-state index contributed by atoms with van der Waals surface area (Å²) < 4.78 is 5.29. The SMILES string of the molecule is CCOCCCNC(=O)C1CCCN(c2nc3ccc(Cl)cc3[nH]2)C1. The lowest BCUT2D eigenvalue weighted by Gasteiger charge is -2.31. The van der Waals surface area contributed by atoms with E-state index in [1.54, 1.807) is 0 Å². The van der Waals surface area contributed by atoms with Gasteiger partial charge in [0, 0.05) is 37.9 Å². The lowest BCUT2D eigenvalue weighted by molar-refractivity contribution is -0.125. The van der Waals surface area contributed by atoms with Gasteiger partial charge in [0.1, 0.15) is 0 Å². The van der Waals surface area contributed by atoms with Gasteiger partial charge in [0.2, 0.25) is 11.9 Å². The van der Waals surface area contributed by atoms with Crippen LogP contribution in [-0.4, -0.2) is 48.7 Å². The van der Waals surface area contributed by atoms with E-state index in [9.17, 15) is 4.79 Å². The predicted molar refractivity (Wildman–Crippen MR) is 100 cm³/mol. The largest absolute Gasteiger partial charge is 0.382 e. The molecule has 0 aliphatic carbocycles. The van der Waals surface area contributed by atoms with E-state index in [4.69, 9.17) is 16.3 Å². The number of nitrogens with one attached hydrogen (secondary N) is 2. The lowest BCUT2D eigenvalue weighted by Crippen LogP contribution is -2.43. The summed E-state index contributed by atoms with van der Waals surface area (Å²) in [6, 6.07) is 5.62. The van der Waals surface area contributed by atoms with E-state index in [0.717, 1.165) is 42.8 Å². The van der Waals surface area contributed by atoms with Gasteiger partial charge in [-0.15, -0.1) is 0 Å². The van der Waals surface area contributed by atoms with Crippen molar-refractivity contribution in [2.45, 2.75) is 26.2 Å². The molecule has 7 heteroatoms. The van der Waals surface area contributed by atoms with Crippen LogP contribution in [0.4, 0.5) is 5.95 Å². The first-order valence-electron chi connectivity index (χ1n) is 8.93. The first-order valence-corrected chi connectivity index (χ1v) is 9.31. The number of nitrogens with zero attached hydrogens (tertiary/aromatic N) is 2. The third-order valence-corrected chi connectivity index (χ3v) is 4.73. The van der Waals surface area contributed by atoms with Crippen molar-refractivity contribution in [3.63, 3.8) is 0 Å². The molecular formula is C18H25ClN4O2. The normalized spacial score (nSPS) is 17.8. The summed E-state index contributed by atoms with van der Waals surface area (Å²) >= 11 is 6.04. The van der Waals surface area contributed by atoms with Gasteiger partial charge in [-0.3, -0.25) is 4.79 Å². The molecule has 25 heavy (non-hydrogen) atoms. The van der Waals surface area contributed by atoms with E-state index in [1.165, 1.54) is 0 Å². The highest BCUT2D eigenvalue weighted by atomic mass is 35.5. The van der Waals surface area contributed by atoms with E-state index in [1.807, 2.05) is 25.1 Å². The number of piperidine rings is 1. The summed E-state index contributed by atoms with van der Waals surface area (Å²) in [7, 11) is 0. The molecule has 0 radical (unpaired) electrons. The number of anilines is 1. The number of benzene rings is 1. The average molecular weight is 365 g/mol. The molecule has 2 heterocycles. The van der Waals surface area contributed by atoms with Gasteiger partial charge in [0.05, 0.1) is 17.0 Å². The summed E-state index contributed by atoms with van der Waals surface area (Å²) in [4.78, 5) is 22.5. The number of imidazole rings is 1. The molecule has 2 aromatic rings. The maximum Gasteiger partial charge on any atom is 0.224 e. The van der Waals surface area contributed by atoms with Crippen molar-refractivity contribution in [3.05, 3.63) is 23.2 Å². The van der Waals surface area contributed by atoms with Gasteiger partial charge in [-0.25, -0.2) is 4.98 Å². The van der Waals surface area contributed by atoms with Crippen LogP contribution in [0.3, 0.4) is 0 Å². The zero-order valence-corrected chi connectivity index (χ0v) is 15.3. The fourth-order valence-corrected chi connectivity index (χ4v) is 3.35. The molecule has 6 nitrogen and oxygen atoms in total. The summed E-state index contributed by atoms with van der Waals surface area (Å²) in [5.41, 5.74) is 1.81. The number of carbonyl (C=O) groups excluding carboxylic acids is 1. The number of ether oxygens (including phenoxy) is 1. The number of hydrogen-bond donors (Lipinski definition) is 2. The van der Waals surface area contributed by atoms with Crippen LogP contribution in [0.5, 0.6) is 0 Å². The van der Waals surface area contributed by atoms with Crippen molar-refractivity contribution in [2.75, 3.05) is 37.7 Å². The van der Waals surface area contributed by atoms with Gasteiger partial charge in [-0.2, -0.15) is 0 Å². The quantitative estimate of drug-likeness (QED) is 0.741. The Morgan fingerprint density at radius 3 is 3.24 bits per heavy atom. The molecule has 136 valence electrons. The average Bonchev–Trinajstić information content (AvgIpc) is 3.04. The molecule has 0 saturated carbocycles. The maximum absolute atomic E-state index is 12.4. The number of rotatable bonds is 7. The van der Waals surface area contributed by atoms with Gasteiger partial charge in [0.15, 0.2) is 0 Å². The number of aromatic nitrogens is 2. The van der Waals surface area contributed by atoms with Gasteiger partial charge >= 0.3 is 0 Å². The molecule has 1 aromatic heterocycles. The summed E-state index contributed by atoms with van der Waals surface area (Å²) in [5, 5.41) is 3.71. The minimum absolute atomic E-state index is 0.00218. The number of H-pyrrole nitrogens is 1. The predicted octanol–water partition coefficient (Wildman–Crippen LogP) is 2.98. The maximum atomic E-state index is 12.4. The van der Waals surface area contributed by atoms with E-state index >= 15 is 0 Å². The van der Waals surface area contributed by atoms with Crippen molar-refractivity contribution in [1.82, 2.24) is 15.3 Å². The van der Waals surface area contributed by atoms with Crippen molar-refractivity contribution in [3.8, 4) is 0 Å². The highest BCUT2D eigenvalue weighted by Crippen LogP contribution is 2.25. The number of amides is 1. The topological polar surface area (TPSA) is 70.2 Å². The summed E-state index contributed by atoms with van der Waals surface area (Å²) in [5.74, 6) is 0.934. The summed E-state index contributed by atoms with van der Waals surface area (Å²) in [6.45, 7) is 5.63. The Labute approximate surface area is 152 Å². The van der Waals surface area contributed by atoms with Gasteiger partial charge in [-0.1, -0.05) is 11.6 Å². The molecule has 1 aliphatic rings. The Hall–Kier alpha value is -1.79. The number of halogens is 1. The molecule has 1 atom stereocenters. The lowest BCUT2D eigenvalue weighted by atomic mass is 9.97. The van der Waals surface area contributed by atoms with Crippen LogP contribution in [-0.2, 0) is 9.53 Å². The number of aromatic amines is 1. The monoisotopic (exact) mass is 364 g/mol. The fourth-order valence-electron chi connectivity index (χ4n) is 3.18. The van der Waals surface area contributed by atoms with Gasteiger partial charge in [0.25, 0.3) is 0 Å².